The summed E-state index contributed by atoms with van der Waals surface area (Å²) in [6, 6.07) is 9.04. The first-order valence-electron chi connectivity index (χ1n) is 8.60. The molecule has 0 aromatic heterocycles. The third kappa shape index (κ3) is 3.01. The predicted octanol–water partition coefficient (Wildman–Crippen LogP) is 3.91. The van der Waals surface area contributed by atoms with Gasteiger partial charge in [-0.15, -0.1) is 0 Å². The molecule has 1 aromatic rings. The molecule has 3 atom stereocenters. The van der Waals surface area contributed by atoms with Gasteiger partial charge in [0, 0.05) is 18.8 Å². The van der Waals surface area contributed by atoms with E-state index in [-0.39, 0.29) is 0 Å². The molecule has 1 aromatic carbocycles. The van der Waals surface area contributed by atoms with Crippen molar-refractivity contribution in [1.82, 2.24) is 4.90 Å². The Hall–Kier alpha value is -1.28. The van der Waals surface area contributed by atoms with Gasteiger partial charge in [-0.05, 0) is 74.2 Å². The highest BCUT2D eigenvalue weighted by molar-refractivity contribution is 5.46. The van der Waals surface area contributed by atoms with Crippen molar-refractivity contribution >= 4 is 5.69 Å². The van der Waals surface area contributed by atoms with Gasteiger partial charge < -0.3 is 5.32 Å². The van der Waals surface area contributed by atoms with Crippen molar-refractivity contribution in [2.24, 2.45) is 17.8 Å². The molecule has 1 N–H and O–H groups in total. The van der Waals surface area contributed by atoms with Crippen molar-refractivity contribution < 1.29 is 0 Å². The lowest BCUT2D eigenvalue weighted by atomic mass is 9.93. The molecule has 1 aliphatic heterocycles. The van der Waals surface area contributed by atoms with Crippen molar-refractivity contribution in [2.45, 2.75) is 32.2 Å². The van der Waals surface area contributed by atoms with Gasteiger partial charge in [-0.3, -0.25) is 4.90 Å². The molecule has 21 heavy (non-hydrogen) atoms. The summed E-state index contributed by atoms with van der Waals surface area (Å²) in [4.78, 5) is 2.57. The number of nitrogens with one attached hydrogen (secondary N) is 1. The second kappa shape index (κ2) is 5.84. The largest absolute Gasteiger partial charge is 0.385 e. The minimum atomic E-state index is 0.843. The van der Waals surface area contributed by atoms with Crippen molar-refractivity contribution in [3.8, 4) is 0 Å². The van der Waals surface area contributed by atoms with Crippen LogP contribution in [0, 0.1) is 17.8 Å². The average molecular weight is 282 g/mol. The van der Waals surface area contributed by atoms with E-state index in [1.807, 2.05) is 0 Å². The minimum Gasteiger partial charge on any atom is -0.385 e. The molecular weight excluding hydrogens is 256 g/mol. The summed E-state index contributed by atoms with van der Waals surface area (Å²) in [5.41, 5.74) is 2.76. The van der Waals surface area contributed by atoms with E-state index >= 15 is 0 Å². The van der Waals surface area contributed by atoms with Crippen LogP contribution in [0.4, 0.5) is 5.69 Å². The first-order valence-corrected chi connectivity index (χ1v) is 8.60. The molecule has 2 fully saturated rings. The Bertz CT molecular complexity index is 516. The normalized spacial score (nSPS) is 31.1. The summed E-state index contributed by atoms with van der Waals surface area (Å²) in [5.74, 6) is 2.57. The Balaban J connectivity index is 1.33. The lowest BCUT2D eigenvalue weighted by Gasteiger charge is -2.20. The van der Waals surface area contributed by atoms with Gasteiger partial charge in [0.1, 0.15) is 0 Å². The van der Waals surface area contributed by atoms with Gasteiger partial charge in [0.05, 0.1) is 0 Å². The van der Waals surface area contributed by atoms with Crippen molar-refractivity contribution in [3.63, 3.8) is 0 Å². The molecule has 1 saturated carbocycles. The van der Waals surface area contributed by atoms with Gasteiger partial charge in [-0.1, -0.05) is 24.3 Å². The second-order valence-electron chi connectivity index (χ2n) is 7.10. The van der Waals surface area contributed by atoms with Crippen LogP contribution in [0.2, 0.25) is 0 Å². The number of hydrogen-bond donors (Lipinski definition) is 1. The molecule has 0 amide bonds. The zero-order valence-corrected chi connectivity index (χ0v) is 12.8. The van der Waals surface area contributed by atoms with E-state index < -0.39 is 0 Å². The van der Waals surface area contributed by atoms with Crippen molar-refractivity contribution in [2.75, 3.05) is 25.0 Å². The number of rotatable bonds is 5. The molecule has 4 rings (SSSR count). The molecule has 1 heterocycles. The van der Waals surface area contributed by atoms with Gasteiger partial charge in [0.25, 0.3) is 0 Å². The van der Waals surface area contributed by atoms with E-state index in [2.05, 4.69) is 46.6 Å². The SMILES string of the molecule is C1=CC2CC1CC2CNc1cccc(CN2CCCC2)c1. The van der Waals surface area contributed by atoms with Crippen LogP contribution >= 0.6 is 0 Å². The van der Waals surface area contributed by atoms with E-state index in [4.69, 9.17) is 0 Å². The van der Waals surface area contributed by atoms with Crippen LogP contribution in [0.3, 0.4) is 0 Å². The van der Waals surface area contributed by atoms with Crippen molar-refractivity contribution in [1.29, 1.82) is 0 Å². The topological polar surface area (TPSA) is 15.3 Å². The fourth-order valence-electron chi connectivity index (χ4n) is 4.36. The third-order valence-corrected chi connectivity index (χ3v) is 5.52. The first kappa shape index (κ1) is 13.4. The Morgan fingerprint density at radius 2 is 2.00 bits per heavy atom. The molecule has 112 valence electrons. The highest BCUT2D eigenvalue weighted by atomic mass is 15.1. The summed E-state index contributed by atoms with van der Waals surface area (Å²) < 4.78 is 0. The maximum atomic E-state index is 3.68. The molecule has 2 aliphatic carbocycles. The quantitative estimate of drug-likeness (QED) is 0.824. The maximum Gasteiger partial charge on any atom is 0.0343 e. The Labute approximate surface area is 128 Å². The lowest BCUT2D eigenvalue weighted by molar-refractivity contribution is 0.331. The number of benzene rings is 1. The molecule has 2 bridgehead atoms. The molecule has 0 spiro atoms. The van der Waals surface area contributed by atoms with Gasteiger partial charge >= 0.3 is 0 Å². The minimum absolute atomic E-state index is 0.843. The number of hydrogen-bond acceptors (Lipinski definition) is 2. The summed E-state index contributed by atoms with van der Waals surface area (Å²) in [6.07, 6.45) is 10.4. The Kier molecular flexibility index (Phi) is 3.72. The zero-order valence-electron chi connectivity index (χ0n) is 12.8. The molecular formula is C19H26N2. The maximum absolute atomic E-state index is 3.68. The van der Waals surface area contributed by atoms with E-state index in [0.29, 0.717) is 0 Å². The van der Waals surface area contributed by atoms with Gasteiger partial charge in [0.2, 0.25) is 0 Å². The molecule has 3 unspecified atom stereocenters. The van der Waals surface area contributed by atoms with E-state index in [0.717, 1.165) is 30.8 Å². The molecule has 2 heteroatoms. The zero-order chi connectivity index (χ0) is 14.1. The van der Waals surface area contributed by atoms with Gasteiger partial charge in [-0.25, -0.2) is 0 Å². The predicted molar refractivity (Wildman–Crippen MR) is 88.3 cm³/mol. The lowest BCUT2D eigenvalue weighted by Crippen LogP contribution is -2.19. The van der Waals surface area contributed by atoms with E-state index in [9.17, 15) is 0 Å². The Morgan fingerprint density at radius 3 is 2.76 bits per heavy atom. The standard InChI is InChI=1S/C19H26N2/c1-2-9-21(8-1)14-16-4-3-5-19(12-16)20-13-18-11-15-6-7-17(18)10-15/h3-7,12,15,17-18,20H,1-2,8-11,13-14H2. The van der Waals surface area contributed by atoms with Crippen molar-refractivity contribution in [3.05, 3.63) is 42.0 Å². The smallest absolute Gasteiger partial charge is 0.0343 e. The van der Waals surface area contributed by atoms with Gasteiger partial charge in [-0.2, -0.15) is 0 Å². The summed E-state index contributed by atoms with van der Waals surface area (Å²) in [6.45, 7) is 4.80. The van der Waals surface area contributed by atoms with Crippen LogP contribution in [0.1, 0.15) is 31.2 Å². The van der Waals surface area contributed by atoms with Crippen LogP contribution in [0.5, 0.6) is 0 Å². The fraction of sp³-hybridized carbons (Fsp3) is 0.579. The van der Waals surface area contributed by atoms with Crippen LogP contribution < -0.4 is 5.32 Å². The average Bonchev–Trinajstić information content (AvgIpc) is 3.23. The first-order chi connectivity index (χ1) is 10.4. The summed E-state index contributed by atoms with van der Waals surface area (Å²) >= 11 is 0. The van der Waals surface area contributed by atoms with Crippen LogP contribution in [0.25, 0.3) is 0 Å². The number of anilines is 1. The van der Waals surface area contributed by atoms with E-state index in [1.54, 1.807) is 0 Å². The monoisotopic (exact) mass is 282 g/mol. The number of likely N-dealkylation sites (tertiary alicyclic amines) is 1. The number of fused-ring (bicyclic) bond motifs is 2. The fourth-order valence-corrected chi connectivity index (χ4v) is 4.36. The highest BCUT2D eigenvalue weighted by Gasteiger charge is 2.35. The summed E-state index contributed by atoms with van der Waals surface area (Å²) in [7, 11) is 0. The van der Waals surface area contributed by atoms with Crippen LogP contribution in [-0.4, -0.2) is 24.5 Å². The van der Waals surface area contributed by atoms with Crippen LogP contribution in [0.15, 0.2) is 36.4 Å². The third-order valence-electron chi connectivity index (χ3n) is 5.52. The number of allylic oxidation sites excluding steroid dienone is 2. The molecule has 1 saturated heterocycles. The molecule has 3 aliphatic rings. The Morgan fingerprint density at radius 1 is 1.10 bits per heavy atom. The van der Waals surface area contributed by atoms with E-state index in [1.165, 1.54) is 50.0 Å². The van der Waals surface area contributed by atoms with Gasteiger partial charge in [0.15, 0.2) is 0 Å². The highest BCUT2D eigenvalue weighted by Crippen LogP contribution is 2.43. The van der Waals surface area contributed by atoms with Crippen LogP contribution in [-0.2, 0) is 6.54 Å². The molecule has 2 nitrogen and oxygen atoms in total. The molecule has 0 radical (unpaired) electrons. The number of nitrogens with zero attached hydrogens (tertiary/aromatic N) is 1. The second-order valence-corrected chi connectivity index (χ2v) is 7.10. The summed E-state index contributed by atoms with van der Waals surface area (Å²) in [5, 5.41) is 3.68.